The van der Waals surface area contributed by atoms with E-state index in [1.165, 1.54) is 50.7 Å². The van der Waals surface area contributed by atoms with Crippen molar-refractivity contribution >= 4 is 0 Å². The molecular weight excluding hydrogens is 345 g/mol. The molecule has 0 nitrogen and oxygen atoms in total. The first-order valence-corrected chi connectivity index (χ1v) is 10.9. The fourth-order valence-corrected chi connectivity index (χ4v) is 5.06. The Morgan fingerprint density at radius 2 is 1.33 bits per heavy atom. The lowest BCUT2D eigenvalue weighted by molar-refractivity contribution is 0.246. The van der Waals surface area contributed by atoms with E-state index in [1.54, 1.807) is 0 Å². The summed E-state index contributed by atoms with van der Waals surface area (Å²) in [5.41, 5.74) is 0.628. The maximum absolute atomic E-state index is 13.5. The highest BCUT2D eigenvalue weighted by Crippen LogP contribution is 2.40. The van der Waals surface area contributed by atoms with Crippen LogP contribution in [-0.4, -0.2) is 0 Å². The number of allylic oxidation sites excluding steroid dienone is 2. The van der Waals surface area contributed by atoms with Gasteiger partial charge in [0.15, 0.2) is 17.5 Å². The molecule has 0 aromatic heterocycles. The maximum Gasteiger partial charge on any atom is 0.194 e. The highest BCUT2D eigenvalue weighted by molar-refractivity contribution is 5.23. The van der Waals surface area contributed by atoms with Crippen LogP contribution in [0.3, 0.4) is 0 Å². The first kappa shape index (κ1) is 20.5. The van der Waals surface area contributed by atoms with Gasteiger partial charge in [0.25, 0.3) is 0 Å². The van der Waals surface area contributed by atoms with Crippen LogP contribution in [0.5, 0.6) is 0 Å². The molecule has 0 saturated heterocycles. The van der Waals surface area contributed by atoms with Crippen LogP contribution in [0.25, 0.3) is 0 Å². The molecule has 0 bridgehead atoms. The van der Waals surface area contributed by atoms with Crippen molar-refractivity contribution in [3.8, 4) is 0 Å². The van der Waals surface area contributed by atoms with Crippen molar-refractivity contribution in [3.63, 3.8) is 0 Å². The van der Waals surface area contributed by atoms with E-state index in [2.05, 4.69) is 19.1 Å². The van der Waals surface area contributed by atoms with Crippen molar-refractivity contribution < 1.29 is 13.2 Å². The Bertz CT molecular complexity index is 598. The highest BCUT2D eigenvalue weighted by Gasteiger charge is 2.26. The SMILES string of the molecule is CC/C=C/[C@H]1CC[C@H](CC[C@H]2CC[C@H](c3cc(F)c(F)c(F)c3)CC2)CC1. The van der Waals surface area contributed by atoms with Gasteiger partial charge in [-0.3, -0.25) is 0 Å². The molecule has 0 radical (unpaired) electrons. The van der Waals surface area contributed by atoms with Crippen molar-refractivity contribution in [2.75, 3.05) is 0 Å². The zero-order valence-corrected chi connectivity index (χ0v) is 16.5. The normalized spacial score (nSPS) is 29.3. The summed E-state index contributed by atoms with van der Waals surface area (Å²) in [6, 6.07) is 2.38. The maximum atomic E-state index is 13.5. The molecule has 0 spiro atoms. The summed E-state index contributed by atoms with van der Waals surface area (Å²) in [6.45, 7) is 2.19. The van der Waals surface area contributed by atoms with Crippen molar-refractivity contribution in [1.82, 2.24) is 0 Å². The second-order valence-corrected chi connectivity index (χ2v) is 8.71. The van der Waals surface area contributed by atoms with Gasteiger partial charge in [0.05, 0.1) is 0 Å². The Morgan fingerprint density at radius 1 is 0.815 bits per heavy atom. The van der Waals surface area contributed by atoms with Gasteiger partial charge in [0, 0.05) is 0 Å². The first-order valence-electron chi connectivity index (χ1n) is 10.9. The van der Waals surface area contributed by atoms with E-state index in [-0.39, 0.29) is 5.92 Å². The number of hydrogen-bond donors (Lipinski definition) is 0. The standard InChI is InChI=1S/C24H33F3/c1-2-3-4-17-5-7-18(8-6-17)9-10-19-11-13-20(14-12-19)21-15-22(25)24(27)23(26)16-21/h3-4,15-20H,2,5-14H2,1H3/b4-3+/t17-,18-,19-,20-. The van der Waals surface area contributed by atoms with E-state index >= 15 is 0 Å². The molecule has 0 N–H and O–H groups in total. The van der Waals surface area contributed by atoms with E-state index < -0.39 is 17.5 Å². The molecule has 1 aromatic carbocycles. The van der Waals surface area contributed by atoms with Gasteiger partial charge >= 0.3 is 0 Å². The van der Waals surface area contributed by atoms with E-state index in [4.69, 9.17) is 0 Å². The predicted octanol–water partition coefficient (Wildman–Crippen LogP) is 7.93. The van der Waals surface area contributed by atoms with E-state index in [0.717, 1.165) is 49.9 Å². The number of hydrogen-bond acceptors (Lipinski definition) is 0. The average Bonchev–Trinajstić information content (AvgIpc) is 2.69. The van der Waals surface area contributed by atoms with Gasteiger partial charge in [-0.05, 0) is 99.2 Å². The molecule has 2 aliphatic rings. The molecule has 3 heteroatoms. The van der Waals surface area contributed by atoms with Gasteiger partial charge in [-0.2, -0.15) is 0 Å². The second-order valence-electron chi connectivity index (χ2n) is 8.71. The minimum Gasteiger partial charge on any atom is -0.204 e. The lowest BCUT2D eigenvalue weighted by atomic mass is 9.74. The molecule has 2 fully saturated rings. The summed E-state index contributed by atoms with van der Waals surface area (Å²) < 4.78 is 40.1. The molecule has 1 aromatic rings. The van der Waals surface area contributed by atoms with Crippen LogP contribution in [0.15, 0.2) is 24.3 Å². The summed E-state index contributed by atoms with van der Waals surface area (Å²) in [6.07, 6.45) is 18.1. The quantitative estimate of drug-likeness (QED) is 0.348. The van der Waals surface area contributed by atoms with Crippen LogP contribution in [0, 0.1) is 35.2 Å². The third-order valence-electron chi connectivity index (χ3n) is 6.84. The molecule has 2 aliphatic carbocycles. The monoisotopic (exact) mass is 378 g/mol. The van der Waals surface area contributed by atoms with Crippen LogP contribution in [0.2, 0.25) is 0 Å². The third kappa shape index (κ3) is 5.62. The molecule has 0 unspecified atom stereocenters. The smallest absolute Gasteiger partial charge is 0.194 e. The fraction of sp³-hybridized carbons (Fsp3) is 0.667. The molecule has 0 amide bonds. The van der Waals surface area contributed by atoms with E-state index in [0.29, 0.717) is 5.56 Å². The summed E-state index contributed by atoms with van der Waals surface area (Å²) >= 11 is 0. The lowest BCUT2D eigenvalue weighted by Gasteiger charge is -2.31. The Labute approximate surface area is 162 Å². The van der Waals surface area contributed by atoms with Crippen LogP contribution in [0.1, 0.15) is 89.0 Å². The lowest BCUT2D eigenvalue weighted by Crippen LogP contribution is -2.17. The van der Waals surface area contributed by atoms with Gasteiger partial charge in [0.2, 0.25) is 0 Å². The summed E-state index contributed by atoms with van der Waals surface area (Å²) in [7, 11) is 0. The Kier molecular flexibility index (Phi) is 7.43. The van der Waals surface area contributed by atoms with Crippen molar-refractivity contribution in [3.05, 3.63) is 47.3 Å². The molecule has 0 atom stereocenters. The zero-order valence-electron chi connectivity index (χ0n) is 16.5. The Hall–Kier alpha value is -1.25. The molecule has 2 saturated carbocycles. The number of benzene rings is 1. The Balaban J connectivity index is 1.40. The van der Waals surface area contributed by atoms with Gasteiger partial charge in [0.1, 0.15) is 0 Å². The average molecular weight is 379 g/mol. The summed E-state index contributed by atoms with van der Waals surface area (Å²) in [5.74, 6) is -0.872. The molecule has 3 rings (SSSR count). The molecular formula is C24H33F3. The fourth-order valence-electron chi connectivity index (χ4n) is 5.06. The minimum absolute atomic E-state index is 0.173. The van der Waals surface area contributed by atoms with E-state index in [1.807, 2.05) is 0 Å². The van der Waals surface area contributed by atoms with E-state index in [9.17, 15) is 13.2 Å². The van der Waals surface area contributed by atoms with Crippen LogP contribution in [0.4, 0.5) is 13.2 Å². The molecule has 150 valence electrons. The highest BCUT2D eigenvalue weighted by atomic mass is 19.2. The first-order chi connectivity index (χ1) is 13.1. The van der Waals surface area contributed by atoms with Crippen molar-refractivity contribution in [2.45, 2.75) is 83.5 Å². The Morgan fingerprint density at radius 3 is 1.85 bits per heavy atom. The third-order valence-corrected chi connectivity index (χ3v) is 6.84. The number of halogens is 3. The molecule has 0 aliphatic heterocycles. The molecule has 27 heavy (non-hydrogen) atoms. The predicted molar refractivity (Wildman–Crippen MR) is 105 cm³/mol. The number of rotatable bonds is 6. The minimum atomic E-state index is -1.35. The van der Waals surface area contributed by atoms with Gasteiger partial charge in [-0.15, -0.1) is 0 Å². The van der Waals surface area contributed by atoms with Gasteiger partial charge in [-0.25, -0.2) is 13.2 Å². The largest absolute Gasteiger partial charge is 0.204 e. The summed E-state index contributed by atoms with van der Waals surface area (Å²) in [4.78, 5) is 0. The molecule has 0 heterocycles. The van der Waals surface area contributed by atoms with Crippen molar-refractivity contribution in [1.29, 1.82) is 0 Å². The van der Waals surface area contributed by atoms with Crippen molar-refractivity contribution in [2.24, 2.45) is 17.8 Å². The second kappa shape index (κ2) is 9.80. The van der Waals surface area contributed by atoms with Gasteiger partial charge < -0.3 is 0 Å². The zero-order chi connectivity index (χ0) is 19.2. The van der Waals surface area contributed by atoms with Crippen LogP contribution in [-0.2, 0) is 0 Å². The van der Waals surface area contributed by atoms with Crippen LogP contribution < -0.4 is 0 Å². The topological polar surface area (TPSA) is 0 Å². The van der Waals surface area contributed by atoms with Crippen LogP contribution >= 0.6 is 0 Å². The van der Waals surface area contributed by atoms with Gasteiger partial charge in [-0.1, -0.05) is 31.9 Å². The summed E-state index contributed by atoms with van der Waals surface area (Å²) in [5, 5.41) is 0.